The van der Waals surface area contributed by atoms with Gasteiger partial charge in [-0.1, -0.05) is 45.0 Å². The van der Waals surface area contributed by atoms with Gasteiger partial charge in [0, 0.05) is 11.8 Å². The molecule has 0 aliphatic carbocycles. The van der Waals surface area contributed by atoms with Crippen LogP contribution >= 0.6 is 0 Å². The second kappa shape index (κ2) is 5.33. The van der Waals surface area contributed by atoms with Crippen LogP contribution in [-0.2, 0) is 5.41 Å². The van der Waals surface area contributed by atoms with Gasteiger partial charge in [-0.05, 0) is 22.6 Å². The second-order valence-corrected chi connectivity index (χ2v) is 5.78. The number of hydrogen-bond acceptors (Lipinski definition) is 2. The van der Waals surface area contributed by atoms with Crippen LogP contribution in [-0.4, -0.2) is 11.0 Å². The summed E-state index contributed by atoms with van der Waals surface area (Å²) >= 11 is 0. The number of rotatable bonds is 2. The third-order valence-corrected chi connectivity index (χ3v) is 3.09. The highest BCUT2D eigenvalue weighted by molar-refractivity contribution is 5.88. The Kier molecular flexibility index (Phi) is 3.74. The molecule has 1 aromatic carbocycles. The number of nitrogens with zero attached hydrogens (tertiary/aromatic N) is 1. The lowest BCUT2D eigenvalue weighted by Crippen LogP contribution is -2.19. The first-order valence-electron chi connectivity index (χ1n) is 6.49. The number of aromatic nitrogens is 1. The minimum Gasteiger partial charge on any atom is -0.351 e. The molecule has 0 fully saturated rings. The fourth-order valence-electron chi connectivity index (χ4n) is 1.97. The Hall–Kier alpha value is -2.36. The molecule has 0 aliphatic rings. The lowest BCUT2D eigenvalue weighted by molar-refractivity contribution is 0.259. The minimum atomic E-state index is -0.591. The molecule has 20 heavy (non-hydrogen) atoms. The van der Waals surface area contributed by atoms with E-state index in [0.29, 0.717) is 5.69 Å². The smallest absolute Gasteiger partial charge is 0.316 e. The summed E-state index contributed by atoms with van der Waals surface area (Å²) in [6, 6.07) is 9.61. The quantitative estimate of drug-likeness (QED) is 0.875. The van der Waals surface area contributed by atoms with Gasteiger partial charge < -0.3 is 11.1 Å². The summed E-state index contributed by atoms with van der Waals surface area (Å²) in [5, 5.41) is 2.53. The van der Waals surface area contributed by atoms with Crippen molar-refractivity contribution in [2.24, 2.45) is 5.73 Å². The molecule has 0 atom stereocenters. The molecule has 104 valence electrons. The van der Waals surface area contributed by atoms with E-state index >= 15 is 0 Å². The maximum Gasteiger partial charge on any atom is 0.316 e. The van der Waals surface area contributed by atoms with Gasteiger partial charge in [0.25, 0.3) is 0 Å². The monoisotopic (exact) mass is 269 g/mol. The van der Waals surface area contributed by atoms with Gasteiger partial charge in [0.2, 0.25) is 0 Å². The Morgan fingerprint density at radius 2 is 1.75 bits per heavy atom. The van der Waals surface area contributed by atoms with Gasteiger partial charge in [-0.2, -0.15) is 0 Å². The molecule has 3 N–H and O–H groups in total. The minimum absolute atomic E-state index is 0.131. The summed E-state index contributed by atoms with van der Waals surface area (Å²) < 4.78 is 0. The van der Waals surface area contributed by atoms with E-state index in [1.54, 1.807) is 12.4 Å². The molecular formula is C16H19N3O. The van der Waals surface area contributed by atoms with E-state index in [9.17, 15) is 4.79 Å². The van der Waals surface area contributed by atoms with Crippen LogP contribution in [0.2, 0.25) is 0 Å². The Bertz CT molecular complexity index is 612. The number of anilines is 1. The average Bonchev–Trinajstić information content (AvgIpc) is 2.37. The van der Waals surface area contributed by atoms with Crippen molar-refractivity contribution in [2.75, 3.05) is 5.32 Å². The van der Waals surface area contributed by atoms with Crippen molar-refractivity contribution in [1.29, 1.82) is 0 Å². The van der Waals surface area contributed by atoms with Gasteiger partial charge in [-0.25, -0.2) is 4.79 Å². The van der Waals surface area contributed by atoms with E-state index in [1.807, 2.05) is 6.07 Å². The van der Waals surface area contributed by atoms with Crippen LogP contribution in [0.4, 0.5) is 10.5 Å². The zero-order chi connectivity index (χ0) is 14.8. The summed E-state index contributed by atoms with van der Waals surface area (Å²) in [4.78, 5) is 15.0. The molecule has 1 heterocycles. The molecule has 2 rings (SSSR count). The number of nitrogens with one attached hydrogen (secondary N) is 1. The first-order valence-corrected chi connectivity index (χ1v) is 6.49. The molecule has 0 bridgehead atoms. The number of carbonyl (C=O) groups excluding carboxylic acids is 1. The highest BCUT2D eigenvalue weighted by Gasteiger charge is 2.13. The van der Waals surface area contributed by atoms with E-state index in [0.717, 1.165) is 11.1 Å². The lowest BCUT2D eigenvalue weighted by atomic mass is 9.86. The average molecular weight is 269 g/mol. The van der Waals surface area contributed by atoms with Gasteiger partial charge >= 0.3 is 6.03 Å². The Labute approximate surface area is 119 Å². The largest absolute Gasteiger partial charge is 0.351 e. The van der Waals surface area contributed by atoms with Crippen molar-refractivity contribution < 1.29 is 4.79 Å². The third-order valence-electron chi connectivity index (χ3n) is 3.09. The summed E-state index contributed by atoms with van der Waals surface area (Å²) in [5.41, 5.74) is 9.10. The molecule has 4 heteroatoms. The third kappa shape index (κ3) is 3.35. The molecule has 4 nitrogen and oxygen atoms in total. The predicted molar refractivity (Wildman–Crippen MR) is 81.6 cm³/mol. The first kappa shape index (κ1) is 14.1. The molecule has 0 aliphatic heterocycles. The van der Waals surface area contributed by atoms with Gasteiger partial charge in [0.15, 0.2) is 0 Å². The van der Waals surface area contributed by atoms with Crippen LogP contribution in [0, 0.1) is 0 Å². The topological polar surface area (TPSA) is 68.0 Å². The molecule has 2 aromatic rings. The molecule has 0 saturated heterocycles. The summed E-state index contributed by atoms with van der Waals surface area (Å²) in [6.07, 6.45) is 3.33. The maximum absolute atomic E-state index is 10.9. The van der Waals surface area contributed by atoms with Crippen LogP contribution in [0.15, 0.2) is 42.7 Å². The Morgan fingerprint density at radius 3 is 2.30 bits per heavy atom. The van der Waals surface area contributed by atoms with Gasteiger partial charge in [-0.15, -0.1) is 0 Å². The van der Waals surface area contributed by atoms with Gasteiger partial charge in [-0.3, -0.25) is 4.98 Å². The normalized spacial score (nSPS) is 11.2. The highest BCUT2D eigenvalue weighted by Crippen LogP contribution is 2.26. The fraction of sp³-hybridized carbons (Fsp3) is 0.250. The van der Waals surface area contributed by atoms with Crippen molar-refractivity contribution in [1.82, 2.24) is 4.98 Å². The number of hydrogen-bond donors (Lipinski definition) is 2. The first-order chi connectivity index (χ1) is 9.36. The zero-order valence-corrected chi connectivity index (χ0v) is 12.0. The van der Waals surface area contributed by atoms with E-state index in [1.165, 1.54) is 5.56 Å². The van der Waals surface area contributed by atoms with Crippen molar-refractivity contribution in [3.63, 3.8) is 0 Å². The molecular weight excluding hydrogens is 250 g/mol. The van der Waals surface area contributed by atoms with Crippen molar-refractivity contribution >= 4 is 11.7 Å². The lowest BCUT2D eigenvalue weighted by Gasteiger charge is -2.19. The van der Waals surface area contributed by atoms with Crippen LogP contribution < -0.4 is 11.1 Å². The van der Waals surface area contributed by atoms with Crippen molar-refractivity contribution in [3.05, 3.63) is 48.3 Å². The summed E-state index contributed by atoms with van der Waals surface area (Å²) in [6.45, 7) is 6.54. The van der Waals surface area contributed by atoms with Crippen LogP contribution in [0.5, 0.6) is 0 Å². The van der Waals surface area contributed by atoms with Crippen LogP contribution in [0.3, 0.4) is 0 Å². The Balaban J connectivity index is 2.30. The van der Waals surface area contributed by atoms with E-state index < -0.39 is 6.03 Å². The number of urea groups is 1. The molecule has 2 amide bonds. The van der Waals surface area contributed by atoms with E-state index in [4.69, 9.17) is 5.73 Å². The van der Waals surface area contributed by atoms with Gasteiger partial charge in [0.1, 0.15) is 0 Å². The number of benzene rings is 1. The molecule has 0 saturated carbocycles. The number of pyridine rings is 1. The molecule has 1 aromatic heterocycles. The second-order valence-electron chi connectivity index (χ2n) is 5.78. The Morgan fingerprint density at radius 1 is 1.10 bits per heavy atom. The predicted octanol–water partition coefficient (Wildman–Crippen LogP) is 3.54. The van der Waals surface area contributed by atoms with Crippen molar-refractivity contribution in [2.45, 2.75) is 26.2 Å². The number of carbonyl (C=O) groups is 1. The van der Waals surface area contributed by atoms with Crippen LogP contribution in [0.1, 0.15) is 26.3 Å². The molecule has 0 unspecified atom stereocenters. The molecule has 0 radical (unpaired) electrons. The zero-order valence-electron chi connectivity index (χ0n) is 12.0. The number of nitrogens with two attached hydrogens (primary N) is 1. The SMILES string of the molecule is CC(C)(C)c1ccc(-c2cncc(NC(N)=O)c2)cc1. The summed E-state index contributed by atoms with van der Waals surface area (Å²) in [7, 11) is 0. The fourth-order valence-corrected chi connectivity index (χ4v) is 1.97. The maximum atomic E-state index is 10.9. The van der Waals surface area contributed by atoms with Gasteiger partial charge in [0.05, 0.1) is 11.9 Å². The number of primary amides is 1. The molecule has 0 spiro atoms. The standard InChI is InChI=1S/C16H19N3O/c1-16(2,3)13-6-4-11(5-7-13)12-8-14(10-18-9-12)19-15(17)20/h4-10H,1-3H3,(H3,17,19,20). The highest BCUT2D eigenvalue weighted by atomic mass is 16.2. The van der Waals surface area contributed by atoms with E-state index in [2.05, 4.69) is 55.3 Å². The number of amides is 2. The van der Waals surface area contributed by atoms with Crippen LogP contribution in [0.25, 0.3) is 11.1 Å². The van der Waals surface area contributed by atoms with E-state index in [-0.39, 0.29) is 5.41 Å². The van der Waals surface area contributed by atoms with Crippen molar-refractivity contribution in [3.8, 4) is 11.1 Å². The summed E-state index contributed by atoms with van der Waals surface area (Å²) in [5.74, 6) is 0.